The maximum absolute atomic E-state index is 10.0. The monoisotopic (exact) mass is 186 g/mol. The lowest BCUT2D eigenvalue weighted by molar-refractivity contribution is -0.105. The van der Waals surface area contributed by atoms with Gasteiger partial charge in [0.05, 0.1) is 7.11 Å². The Morgan fingerprint density at radius 2 is 2.15 bits per heavy atom. The molecule has 0 aliphatic carbocycles. The van der Waals surface area contributed by atoms with Crippen LogP contribution in [-0.4, -0.2) is 31.5 Å². The van der Waals surface area contributed by atoms with Crippen molar-refractivity contribution in [3.8, 4) is 0 Å². The van der Waals surface area contributed by atoms with Gasteiger partial charge in [0.1, 0.15) is 6.29 Å². The molecule has 0 fully saturated rings. The summed E-state index contributed by atoms with van der Waals surface area (Å²) in [5.74, 6) is 0. The van der Waals surface area contributed by atoms with Crippen molar-refractivity contribution >= 4 is 6.29 Å². The Balaban J connectivity index is 3.47. The van der Waals surface area contributed by atoms with Crippen LogP contribution >= 0.6 is 0 Å². The van der Waals surface area contributed by atoms with E-state index in [0.29, 0.717) is 0 Å². The highest BCUT2D eigenvalue weighted by Gasteiger charge is 1.95. The molecule has 2 N–H and O–H groups in total. The Kier molecular flexibility index (Phi) is 8.60. The van der Waals surface area contributed by atoms with Crippen LogP contribution in [0.25, 0.3) is 0 Å². The van der Waals surface area contributed by atoms with Crippen molar-refractivity contribution in [1.29, 1.82) is 0 Å². The van der Waals surface area contributed by atoms with Crippen LogP contribution in [0.5, 0.6) is 0 Å². The van der Waals surface area contributed by atoms with E-state index in [4.69, 9.17) is 10.6 Å². The van der Waals surface area contributed by atoms with E-state index in [9.17, 15) is 4.79 Å². The van der Waals surface area contributed by atoms with Gasteiger partial charge < -0.3 is 5.73 Å². The van der Waals surface area contributed by atoms with Crippen LogP contribution in [0.15, 0.2) is 12.3 Å². The molecule has 0 saturated heterocycles. The van der Waals surface area contributed by atoms with E-state index < -0.39 is 0 Å². The molecule has 0 radical (unpaired) electrons. The number of hydroxylamine groups is 2. The highest BCUT2D eigenvalue weighted by Crippen LogP contribution is 1.98. The molecule has 0 amide bonds. The van der Waals surface area contributed by atoms with E-state index in [-0.39, 0.29) is 0 Å². The molecule has 0 aromatic heterocycles. The fraction of sp³-hybridized carbons (Fsp3) is 0.667. The third kappa shape index (κ3) is 7.49. The van der Waals surface area contributed by atoms with Crippen molar-refractivity contribution in [3.63, 3.8) is 0 Å². The molecule has 0 atom stereocenters. The van der Waals surface area contributed by atoms with Gasteiger partial charge in [-0.15, -0.1) is 0 Å². The first-order valence-electron chi connectivity index (χ1n) is 4.48. The minimum Gasteiger partial charge on any atom is -0.330 e. The van der Waals surface area contributed by atoms with Gasteiger partial charge in [0.25, 0.3) is 0 Å². The Bertz CT molecular complexity index is 149. The van der Waals surface area contributed by atoms with Gasteiger partial charge in [-0.2, -0.15) is 0 Å². The van der Waals surface area contributed by atoms with Crippen LogP contribution in [-0.2, 0) is 9.63 Å². The summed E-state index contributed by atoms with van der Waals surface area (Å²) in [5, 5.41) is 1.63. The molecule has 4 heteroatoms. The first-order chi connectivity index (χ1) is 6.35. The summed E-state index contributed by atoms with van der Waals surface area (Å²) < 4.78 is 0. The van der Waals surface area contributed by atoms with Gasteiger partial charge in [0, 0.05) is 12.7 Å². The number of carbonyl (C=O) groups is 1. The average Bonchev–Trinajstić information content (AvgIpc) is 2.17. The molecule has 0 aromatic rings. The SMILES string of the molecule is CON(/C=C\C=O)CCCCCN. The molecule has 76 valence electrons. The number of nitrogens with two attached hydrogens (primary N) is 1. The fourth-order valence-corrected chi connectivity index (χ4v) is 0.947. The van der Waals surface area contributed by atoms with Gasteiger partial charge in [-0.25, -0.2) is 0 Å². The van der Waals surface area contributed by atoms with Crippen molar-refractivity contribution in [2.24, 2.45) is 5.73 Å². The topological polar surface area (TPSA) is 55.6 Å². The molecule has 0 heterocycles. The Morgan fingerprint density at radius 3 is 2.69 bits per heavy atom. The Hall–Kier alpha value is -0.870. The summed E-state index contributed by atoms with van der Waals surface area (Å²) in [6.07, 6.45) is 6.91. The maximum atomic E-state index is 10.0. The predicted octanol–water partition coefficient (Wildman–Crippen LogP) is 0.691. The van der Waals surface area contributed by atoms with Crippen LogP contribution in [0.2, 0.25) is 0 Å². The maximum Gasteiger partial charge on any atom is 0.144 e. The van der Waals surface area contributed by atoms with E-state index in [1.54, 1.807) is 18.4 Å². The van der Waals surface area contributed by atoms with Crippen molar-refractivity contribution in [3.05, 3.63) is 12.3 Å². The van der Waals surface area contributed by atoms with Gasteiger partial charge in [-0.05, 0) is 25.5 Å². The zero-order chi connectivity index (χ0) is 9.94. The standard InChI is InChI=1S/C9H18N2O2/c1-13-11(8-5-9-12)7-4-2-3-6-10/h5,8-9H,2-4,6-7,10H2,1H3/b8-5-. The lowest BCUT2D eigenvalue weighted by Crippen LogP contribution is -2.17. The van der Waals surface area contributed by atoms with Crippen molar-refractivity contribution in [1.82, 2.24) is 5.06 Å². The molecule has 0 unspecified atom stereocenters. The summed E-state index contributed by atoms with van der Waals surface area (Å²) in [7, 11) is 1.58. The Labute approximate surface area is 79.3 Å². The number of hydrogen-bond donors (Lipinski definition) is 1. The molecular formula is C9H18N2O2. The fourth-order valence-electron chi connectivity index (χ4n) is 0.947. The van der Waals surface area contributed by atoms with Gasteiger partial charge >= 0.3 is 0 Å². The van der Waals surface area contributed by atoms with Crippen LogP contribution in [0.3, 0.4) is 0 Å². The van der Waals surface area contributed by atoms with Gasteiger partial charge in [-0.1, -0.05) is 6.42 Å². The summed E-state index contributed by atoms with van der Waals surface area (Å²) in [6.45, 7) is 1.53. The second kappa shape index (κ2) is 9.22. The molecular weight excluding hydrogens is 168 g/mol. The summed E-state index contributed by atoms with van der Waals surface area (Å²) >= 11 is 0. The number of nitrogens with zero attached hydrogens (tertiary/aromatic N) is 1. The number of allylic oxidation sites excluding steroid dienone is 1. The molecule has 13 heavy (non-hydrogen) atoms. The van der Waals surface area contributed by atoms with Crippen LogP contribution in [0, 0.1) is 0 Å². The summed E-state index contributed by atoms with van der Waals surface area (Å²) in [6, 6.07) is 0. The molecule has 0 spiro atoms. The third-order valence-corrected chi connectivity index (χ3v) is 1.65. The number of unbranched alkanes of at least 4 members (excludes halogenated alkanes) is 2. The number of carbonyl (C=O) groups excluding carboxylic acids is 1. The highest BCUT2D eigenvalue weighted by molar-refractivity contribution is 5.64. The third-order valence-electron chi connectivity index (χ3n) is 1.65. The number of aldehydes is 1. The summed E-state index contributed by atoms with van der Waals surface area (Å²) in [4.78, 5) is 15.0. The Morgan fingerprint density at radius 1 is 1.38 bits per heavy atom. The number of hydrogen-bond acceptors (Lipinski definition) is 4. The quantitative estimate of drug-likeness (QED) is 0.262. The van der Waals surface area contributed by atoms with E-state index in [1.807, 2.05) is 0 Å². The average molecular weight is 186 g/mol. The molecule has 4 nitrogen and oxygen atoms in total. The molecule has 0 saturated carbocycles. The van der Waals surface area contributed by atoms with E-state index in [2.05, 4.69) is 0 Å². The van der Waals surface area contributed by atoms with Crippen molar-refractivity contribution < 1.29 is 9.63 Å². The van der Waals surface area contributed by atoms with E-state index in [1.165, 1.54) is 6.08 Å². The van der Waals surface area contributed by atoms with Crippen LogP contribution in [0.1, 0.15) is 19.3 Å². The zero-order valence-corrected chi connectivity index (χ0v) is 8.11. The van der Waals surface area contributed by atoms with Crippen LogP contribution < -0.4 is 5.73 Å². The molecule has 0 aromatic carbocycles. The van der Waals surface area contributed by atoms with Crippen LogP contribution in [0.4, 0.5) is 0 Å². The molecule has 0 rings (SSSR count). The second-order valence-corrected chi connectivity index (χ2v) is 2.65. The van der Waals surface area contributed by atoms with Gasteiger partial charge in [0.15, 0.2) is 0 Å². The summed E-state index contributed by atoms with van der Waals surface area (Å²) in [5.41, 5.74) is 5.35. The molecule has 0 aliphatic rings. The highest BCUT2D eigenvalue weighted by atomic mass is 16.7. The molecule has 0 aliphatic heterocycles. The normalized spacial score (nSPS) is 10.6. The minimum atomic E-state index is 0.728. The zero-order valence-electron chi connectivity index (χ0n) is 8.11. The van der Waals surface area contributed by atoms with Gasteiger partial charge in [0.2, 0.25) is 0 Å². The lowest BCUT2D eigenvalue weighted by Gasteiger charge is -2.16. The van der Waals surface area contributed by atoms with Crippen molar-refractivity contribution in [2.45, 2.75) is 19.3 Å². The van der Waals surface area contributed by atoms with Crippen molar-refractivity contribution in [2.75, 3.05) is 20.2 Å². The second-order valence-electron chi connectivity index (χ2n) is 2.65. The van der Waals surface area contributed by atoms with Gasteiger partial charge in [-0.3, -0.25) is 14.7 Å². The number of rotatable bonds is 8. The van der Waals surface area contributed by atoms with E-state index >= 15 is 0 Å². The lowest BCUT2D eigenvalue weighted by atomic mass is 10.2. The smallest absolute Gasteiger partial charge is 0.144 e. The predicted molar refractivity (Wildman–Crippen MR) is 51.8 cm³/mol. The first kappa shape index (κ1) is 12.1. The van der Waals surface area contributed by atoms with E-state index in [0.717, 1.165) is 38.6 Å². The minimum absolute atomic E-state index is 0.728. The first-order valence-corrected chi connectivity index (χ1v) is 4.48. The largest absolute Gasteiger partial charge is 0.330 e. The molecule has 0 bridgehead atoms.